The average Bonchev–Trinajstić information content (AvgIpc) is 2.17. The largest absolute Gasteiger partial charge is 0.175 e. The van der Waals surface area contributed by atoms with Gasteiger partial charge in [-0.25, -0.2) is 0 Å². The fraction of sp³-hybridized carbons (Fsp3) is 1.00. The van der Waals surface area contributed by atoms with Crippen LogP contribution in [0.1, 0.15) is 27.2 Å². The minimum Gasteiger partial charge on any atom is -0.175 e. The molecule has 0 heterocycles. The Bertz CT molecular complexity index is 148. The van der Waals surface area contributed by atoms with E-state index in [1.54, 1.807) is 0 Å². The van der Waals surface area contributed by atoms with Crippen LogP contribution in [-0.4, -0.2) is 13.1 Å². The third kappa shape index (κ3) is 1.47. The summed E-state index contributed by atoms with van der Waals surface area (Å²) >= 11 is 4.71. The molecule has 0 aromatic rings. The lowest BCUT2D eigenvalue weighted by atomic mass is 9.75. The van der Waals surface area contributed by atoms with Crippen molar-refractivity contribution in [1.29, 1.82) is 0 Å². The molecule has 4 unspecified atom stereocenters. The van der Waals surface area contributed by atoms with Crippen LogP contribution in [0.2, 0.25) is 6.32 Å². The fourth-order valence-electron chi connectivity index (χ4n) is 2.34. The molecule has 1 fully saturated rings. The first-order valence-corrected chi connectivity index (χ1v) is 5.21. The number of rotatable bonds is 1. The summed E-state index contributed by atoms with van der Waals surface area (Å²) in [5, 5.41) is 0.613. The molecule has 0 bridgehead atoms. The van der Waals surface area contributed by atoms with Crippen molar-refractivity contribution in [3.63, 3.8) is 0 Å². The van der Waals surface area contributed by atoms with Gasteiger partial charge in [0.05, 0.1) is 0 Å². The first kappa shape index (κ1) is 9.50. The summed E-state index contributed by atoms with van der Waals surface area (Å²) in [6, 6.07) is 0. The molecule has 0 amide bonds. The lowest BCUT2D eigenvalue weighted by molar-refractivity contribution is 0.375. The van der Waals surface area contributed by atoms with Crippen molar-refractivity contribution in [2.75, 3.05) is 0 Å². The van der Waals surface area contributed by atoms with Crippen LogP contribution in [-0.2, 0) is 0 Å². The van der Waals surface area contributed by atoms with Gasteiger partial charge in [0.2, 0.25) is 0 Å². The van der Waals surface area contributed by atoms with Gasteiger partial charge in [-0.2, -0.15) is 12.6 Å². The van der Waals surface area contributed by atoms with Crippen molar-refractivity contribution in [2.24, 2.45) is 17.3 Å². The summed E-state index contributed by atoms with van der Waals surface area (Å²) in [5.74, 6) is 1.66. The van der Waals surface area contributed by atoms with Crippen molar-refractivity contribution in [1.82, 2.24) is 0 Å². The van der Waals surface area contributed by atoms with Gasteiger partial charge >= 0.3 is 0 Å². The molecular formula is C9H19BS. The molecule has 0 aromatic heterocycles. The Balaban J connectivity index is 2.73. The molecule has 2 heteroatoms. The maximum atomic E-state index is 4.71. The maximum Gasteiger partial charge on any atom is 0.102 e. The van der Waals surface area contributed by atoms with Gasteiger partial charge < -0.3 is 0 Å². The lowest BCUT2D eigenvalue weighted by Gasteiger charge is -2.28. The molecule has 11 heavy (non-hydrogen) atoms. The minimum atomic E-state index is 0.502. The predicted octanol–water partition coefficient (Wildman–Crippen LogP) is 2.02. The van der Waals surface area contributed by atoms with Gasteiger partial charge in [-0.15, -0.1) is 0 Å². The van der Waals surface area contributed by atoms with Crippen LogP contribution >= 0.6 is 12.6 Å². The zero-order chi connectivity index (χ0) is 8.65. The molecule has 0 nitrogen and oxygen atoms in total. The standard InChI is InChI=1S/C9H19BS/c1-6-4-9(3,5-10)8(11)7(6)2/h6-8,11H,4-5,10H2,1-3H3. The van der Waals surface area contributed by atoms with E-state index in [9.17, 15) is 0 Å². The van der Waals surface area contributed by atoms with Gasteiger partial charge in [0.15, 0.2) is 0 Å². The van der Waals surface area contributed by atoms with Gasteiger partial charge in [0.1, 0.15) is 7.85 Å². The highest BCUT2D eigenvalue weighted by Crippen LogP contribution is 2.49. The van der Waals surface area contributed by atoms with Gasteiger partial charge in [-0.05, 0) is 23.7 Å². The van der Waals surface area contributed by atoms with Crippen LogP contribution in [0.25, 0.3) is 0 Å². The Hall–Kier alpha value is 0.415. The van der Waals surface area contributed by atoms with E-state index in [2.05, 4.69) is 28.6 Å². The smallest absolute Gasteiger partial charge is 0.102 e. The van der Waals surface area contributed by atoms with Gasteiger partial charge in [0, 0.05) is 5.25 Å². The Kier molecular flexibility index (Phi) is 2.63. The quantitative estimate of drug-likeness (QED) is 0.451. The summed E-state index contributed by atoms with van der Waals surface area (Å²) in [6.45, 7) is 7.07. The minimum absolute atomic E-state index is 0.502. The zero-order valence-electron chi connectivity index (χ0n) is 8.09. The van der Waals surface area contributed by atoms with Crippen molar-refractivity contribution >= 4 is 20.5 Å². The highest BCUT2D eigenvalue weighted by atomic mass is 32.1. The molecular weight excluding hydrogens is 151 g/mol. The van der Waals surface area contributed by atoms with E-state index in [0.717, 1.165) is 11.8 Å². The highest BCUT2D eigenvalue weighted by Gasteiger charge is 2.43. The summed E-state index contributed by atoms with van der Waals surface area (Å²) in [5.41, 5.74) is 0.502. The number of thiol groups is 1. The molecule has 0 saturated heterocycles. The van der Waals surface area contributed by atoms with Crippen molar-refractivity contribution in [3.8, 4) is 0 Å². The predicted molar refractivity (Wildman–Crippen MR) is 57.2 cm³/mol. The van der Waals surface area contributed by atoms with Crippen molar-refractivity contribution in [2.45, 2.75) is 38.8 Å². The molecule has 1 aliphatic rings. The molecule has 0 spiro atoms. The zero-order valence-corrected chi connectivity index (χ0v) is 8.99. The Morgan fingerprint density at radius 2 is 2.09 bits per heavy atom. The number of hydrogen-bond acceptors (Lipinski definition) is 1. The van der Waals surface area contributed by atoms with E-state index in [1.807, 2.05) is 0 Å². The highest BCUT2D eigenvalue weighted by molar-refractivity contribution is 7.81. The van der Waals surface area contributed by atoms with Crippen LogP contribution in [0.5, 0.6) is 0 Å². The van der Waals surface area contributed by atoms with Crippen LogP contribution in [0.15, 0.2) is 0 Å². The molecule has 0 N–H and O–H groups in total. The second-order valence-electron chi connectivity index (χ2n) is 4.49. The monoisotopic (exact) mass is 170 g/mol. The van der Waals surface area contributed by atoms with Crippen LogP contribution < -0.4 is 0 Å². The SMILES string of the molecule is BCC1(C)CC(C)C(C)C1S. The van der Waals surface area contributed by atoms with Crippen LogP contribution in [0.4, 0.5) is 0 Å². The van der Waals surface area contributed by atoms with Gasteiger partial charge in [0.25, 0.3) is 0 Å². The number of hydrogen-bond donors (Lipinski definition) is 1. The summed E-state index contributed by atoms with van der Waals surface area (Å²) in [4.78, 5) is 0. The molecule has 1 rings (SSSR count). The molecule has 1 aliphatic carbocycles. The Morgan fingerprint density at radius 1 is 1.55 bits per heavy atom. The summed E-state index contributed by atoms with van der Waals surface area (Å²) < 4.78 is 0. The Morgan fingerprint density at radius 3 is 2.27 bits per heavy atom. The molecule has 0 aliphatic heterocycles. The summed E-state index contributed by atoms with van der Waals surface area (Å²) in [6.07, 6.45) is 2.63. The van der Waals surface area contributed by atoms with Crippen LogP contribution in [0.3, 0.4) is 0 Å². The molecule has 64 valence electrons. The third-order valence-corrected chi connectivity index (χ3v) is 4.80. The van der Waals surface area contributed by atoms with E-state index < -0.39 is 0 Å². The topological polar surface area (TPSA) is 0 Å². The van der Waals surface area contributed by atoms with E-state index in [-0.39, 0.29) is 0 Å². The maximum absolute atomic E-state index is 4.71. The third-order valence-electron chi connectivity index (χ3n) is 3.71. The van der Waals surface area contributed by atoms with Gasteiger partial charge in [-0.3, -0.25) is 0 Å². The average molecular weight is 170 g/mol. The molecule has 0 aromatic carbocycles. The van der Waals surface area contributed by atoms with E-state index >= 15 is 0 Å². The molecule has 1 saturated carbocycles. The fourth-order valence-corrected chi connectivity index (χ4v) is 2.92. The molecule has 4 atom stereocenters. The lowest BCUT2D eigenvalue weighted by Crippen LogP contribution is -2.24. The van der Waals surface area contributed by atoms with E-state index in [4.69, 9.17) is 12.6 Å². The molecule has 0 radical (unpaired) electrons. The summed E-state index contributed by atoms with van der Waals surface area (Å²) in [7, 11) is 2.29. The van der Waals surface area contributed by atoms with E-state index in [0.29, 0.717) is 10.7 Å². The van der Waals surface area contributed by atoms with Crippen molar-refractivity contribution in [3.05, 3.63) is 0 Å². The van der Waals surface area contributed by atoms with Crippen molar-refractivity contribution < 1.29 is 0 Å². The van der Waals surface area contributed by atoms with Crippen LogP contribution in [0, 0.1) is 17.3 Å². The normalized spacial score (nSPS) is 51.5. The second-order valence-corrected chi connectivity index (χ2v) is 5.05. The first-order valence-electron chi connectivity index (χ1n) is 4.69. The van der Waals surface area contributed by atoms with E-state index in [1.165, 1.54) is 12.7 Å². The first-order chi connectivity index (χ1) is 5.01. The van der Waals surface area contributed by atoms with Gasteiger partial charge in [-0.1, -0.05) is 27.1 Å². The second kappa shape index (κ2) is 3.04. The Labute approximate surface area is 77.0 Å².